The van der Waals surface area contributed by atoms with Crippen molar-refractivity contribution in [3.63, 3.8) is 0 Å². The SMILES string of the molecule is CS(=O)(=O)CC(O)c1cc2n(n1)CCN(C(=O)C1CCCCC1)C2. The first-order chi connectivity index (χ1) is 11.3. The molecule has 0 radical (unpaired) electrons. The zero-order valence-corrected chi connectivity index (χ0v) is 14.8. The Hall–Kier alpha value is -1.41. The molecule has 7 nitrogen and oxygen atoms in total. The van der Waals surface area contributed by atoms with Gasteiger partial charge in [0.05, 0.1) is 30.2 Å². The quantitative estimate of drug-likeness (QED) is 0.866. The monoisotopic (exact) mass is 355 g/mol. The van der Waals surface area contributed by atoms with E-state index in [1.54, 1.807) is 10.7 Å². The average molecular weight is 355 g/mol. The molecule has 1 fully saturated rings. The van der Waals surface area contributed by atoms with Gasteiger partial charge >= 0.3 is 0 Å². The van der Waals surface area contributed by atoms with Crippen molar-refractivity contribution < 1.29 is 18.3 Å². The molecule has 134 valence electrons. The van der Waals surface area contributed by atoms with Crippen molar-refractivity contribution in [3.05, 3.63) is 17.5 Å². The van der Waals surface area contributed by atoms with Gasteiger partial charge in [0, 0.05) is 18.7 Å². The first-order valence-electron chi connectivity index (χ1n) is 8.55. The lowest BCUT2D eigenvalue weighted by Crippen LogP contribution is -2.42. The van der Waals surface area contributed by atoms with Gasteiger partial charge in [-0.15, -0.1) is 0 Å². The van der Waals surface area contributed by atoms with Gasteiger partial charge < -0.3 is 10.0 Å². The number of carbonyl (C=O) groups is 1. The Labute approximate surface area is 142 Å². The third-order valence-corrected chi connectivity index (χ3v) is 5.81. The molecule has 1 saturated carbocycles. The van der Waals surface area contributed by atoms with E-state index in [2.05, 4.69) is 5.10 Å². The van der Waals surface area contributed by atoms with Crippen molar-refractivity contribution in [2.75, 3.05) is 18.6 Å². The maximum absolute atomic E-state index is 12.7. The summed E-state index contributed by atoms with van der Waals surface area (Å²) >= 11 is 0. The van der Waals surface area contributed by atoms with Crippen LogP contribution in [0.4, 0.5) is 0 Å². The zero-order chi connectivity index (χ0) is 17.3. The van der Waals surface area contributed by atoms with Crippen molar-refractivity contribution in [2.45, 2.75) is 51.3 Å². The largest absolute Gasteiger partial charge is 0.386 e. The summed E-state index contributed by atoms with van der Waals surface area (Å²) in [7, 11) is -3.28. The molecule has 2 aliphatic rings. The van der Waals surface area contributed by atoms with Crippen molar-refractivity contribution >= 4 is 15.7 Å². The smallest absolute Gasteiger partial charge is 0.226 e. The van der Waals surface area contributed by atoms with Gasteiger partial charge in [0.15, 0.2) is 0 Å². The second-order valence-corrected chi connectivity index (χ2v) is 9.17. The minimum absolute atomic E-state index is 0.142. The molecule has 0 bridgehead atoms. The molecule has 1 atom stereocenters. The number of sulfone groups is 1. The van der Waals surface area contributed by atoms with Crippen molar-refractivity contribution in [1.29, 1.82) is 0 Å². The molecule has 24 heavy (non-hydrogen) atoms. The third kappa shape index (κ3) is 3.97. The zero-order valence-electron chi connectivity index (χ0n) is 14.0. The molecule has 1 aliphatic carbocycles. The molecule has 1 aliphatic heterocycles. The van der Waals surface area contributed by atoms with Crippen molar-refractivity contribution in [1.82, 2.24) is 14.7 Å². The first kappa shape index (κ1) is 17.4. The van der Waals surface area contributed by atoms with Gasteiger partial charge in [-0.2, -0.15) is 5.10 Å². The van der Waals surface area contributed by atoms with E-state index in [-0.39, 0.29) is 17.6 Å². The van der Waals surface area contributed by atoms with Crippen LogP contribution in [-0.2, 0) is 27.7 Å². The van der Waals surface area contributed by atoms with Crippen LogP contribution >= 0.6 is 0 Å². The predicted octanol–water partition coefficient (Wildman–Crippen LogP) is 0.884. The average Bonchev–Trinajstić information content (AvgIpc) is 2.96. The molecule has 1 unspecified atom stereocenters. The summed E-state index contributed by atoms with van der Waals surface area (Å²) in [6, 6.07) is 1.72. The number of aliphatic hydroxyl groups excluding tert-OH is 1. The Morgan fingerprint density at radius 3 is 2.71 bits per heavy atom. The Bertz CT molecular complexity index is 707. The summed E-state index contributed by atoms with van der Waals surface area (Å²) in [5, 5.41) is 14.4. The summed E-state index contributed by atoms with van der Waals surface area (Å²) in [5.41, 5.74) is 1.22. The van der Waals surface area contributed by atoms with Gasteiger partial charge in [-0.05, 0) is 18.9 Å². The van der Waals surface area contributed by atoms with Gasteiger partial charge in [-0.1, -0.05) is 19.3 Å². The highest BCUT2D eigenvalue weighted by Gasteiger charge is 2.30. The molecule has 2 heterocycles. The number of carbonyl (C=O) groups excluding carboxylic acids is 1. The Morgan fingerprint density at radius 2 is 2.04 bits per heavy atom. The minimum atomic E-state index is -3.28. The topological polar surface area (TPSA) is 92.5 Å². The highest BCUT2D eigenvalue weighted by molar-refractivity contribution is 7.90. The van der Waals surface area contributed by atoms with E-state index in [0.717, 1.165) is 37.6 Å². The Balaban J connectivity index is 1.68. The van der Waals surface area contributed by atoms with Crippen LogP contribution in [0.15, 0.2) is 6.07 Å². The van der Waals surface area contributed by atoms with Crippen LogP contribution < -0.4 is 0 Å². The van der Waals surface area contributed by atoms with E-state index < -0.39 is 15.9 Å². The minimum Gasteiger partial charge on any atom is -0.386 e. The highest BCUT2D eigenvalue weighted by atomic mass is 32.2. The maximum Gasteiger partial charge on any atom is 0.226 e. The first-order valence-corrected chi connectivity index (χ1v) is 10.6. The van der Waals surface area contributed by atoms with E-state index in [9.17, 15) is 18.3 Å². The Morgan fingerprint density at radius 1 is 1.33 bits per heavy atom. The molecule has 8 heteroatoms. The van der Waals surface area contributed by atoms with Crippen molar-refractivity contribution in [3.8, 4) is 0 Å². The lowest BCUT2D eigenvalue weighted by atomic mass is 9.88. The van der Waals surface area contributed by atoms with E-state index in [1.165, 1.54) is 6.42 Å². The lowest BCUT2D eigenvalue weighted by molar-refractivity contribution is -0.138. The van der Waals surface area contributed by atoms with E-state index >= 15 is 0 Å². The molecule has 0 spiro atoms. The van der Waals surface area contributed by atoms with Crippen LogP contribution in [-0.4, -0.2) is 52.7 Å². The number of aromatic nitrogens is 2. The number of amides is 1. The van der Waals surface area contributed by atoms with Crippen LogP contribution in [0.25, 0.3) is 0 Å². The standard InChI is InChI=1S/C16H25N3O4S/c1-24(22,23)11-15(20)14-9-13-10-18(7-8-19(13)17-14)16(21)12-5-3-2-4-6-12/h9,12,15,20H,2-8,10-11H2,1H3. The number of aliphatic hydroxyl groups is 1. The second kappa shape index (κ2) is 6.84. The number of nitrogens with zero attached hydrogens (tertiary/aromatic N) is 3. The van der Waals surface area contributed by atoms with Crippen LogP contribution in [0.2, 0.25) is 0 Å². The normalized spacial score (nSPS) is 20.7. The Kier molecular flexibility index (Phi) is 4.96. The number of rotatable bonds is 4. The van der Waals surface area contributed by atoms with E-state index in [0.29, 0.717) is 25.3 Å². The molecular weight excluding hydrogens is 330 g/mol. The summed E-state index contributed by atoms with van der Waals surface area (Å²) in [6.45, 7) is 1.68. The molecule has 1 aromatic heterocycles. The molecule has 3 rings (SSSR count). The molecule has 0 aromatic carbocycles. The summed E-state index contributed by atoms with van der Waals surface area (Å²) in [5.74, 6) is 0.0256. The summed E-state index contributed by atoms with van der Waals surface area (Å²) in [4.78, 5) is 14.5. The van der Waals surface area contributed by atoms with E-state index in [1.807, 2.05) is 4.90 Å². The molecular formula is C16H25N3O4S. The molecule has 1 amide bonds. The highest BCUT2D eigenvalue weighted by Crippen LogP contribution is 2.27. The fourth-order valence-corrected chi connectivity index (χ4v) is 4.36. The predicted molar refractivity (Wildman–Crippen MR) is 88.9 cm³/mol. The molecule has 1 aromatic rings. The number of hydrogen-bond donors (Lipinski definition) is 1. The third-order valence-electron chi connectivity index (χ3n) is 4.88. The fraction of sp³-hybridized carbons (Fsp3) is 0.750. The lowest BCUT2D eigenvalue weighted by Gasteiger charge is -2.32. The van der Waals surface area contributed by atoms with Gasteiger partial charge in [-0.3, -0.25) is 9.48 Å². The fourth-order valence-electron chi connectivity index (χ4n) is 3.62. The van der Waals surface area contributed by atoms with Gasteiger partial charge in [-0.25, -0.2) is 8.42 Å². The summed E-state index contributed by atoms with van der Waals surface area (Å²) < 4.78 is 24.4. The van der Waals surface area contributed by atoms with Crippen LogP contribution in [0.3, 0.4) is 0 Å². The molecule has 1 N–H and O–H groups in total. The van der Waals surface area contributed by atoms with Crippen LogP contribution in [0, 0.1) is 5.92 Å². The second-order valence-electron chi connectivity index (χ2n) is 6.99. The molecule has 0 saturated heterocycles. The number of fused-ring (bicyclic) bond motifs is 1. The van der Waals surface area contributed by atoms with Crippen molar-refractivity contribution in [2.24, 2.45) is 5.92 Å². The van der Waals surface area contributed by atoms with Crippen LogP contribution in [0.1, 0.15) is 49.6 Å². The van der Waals surface area contributed by atoms with Gasteiger partial charge in [0.2, 0.25) is 5.91 Å². The summed E-state index contributed by atoms with van der Waals surface area (Å²) in [6.07, 6.45) is 5.41. The maximum atomic E-state index is 12.7. The number of hydrogen-bond acceptors (Lipinski definition) is 5. The van der Waals surface area contributed by atoms with Crippen LogP contribution in [0.5, 0.6) is 0 Å². The van der Waals surface area contributed by atoms with E-state index in [4.69, 9.17) is 0 Å². The van der Waals surface area contributed by atoms with Gasteiger partial charge in [0.25, 0.3) is 0 Å². The van der Waals surface area contributed by atoms with Gasteiger partial charge in [0.1, 0.15) is 15.9 Å².